The van der Waals surface area contributed by atoms with Crippen molar-refractivity contribution in [1.29, 1.82) is 0 Å². The second kappa shape index (κ2) is 5.33. The molecule has 0 atom stereocenters. The number of sulfone groups is 1. The number of hydrogen-bond donors (Lipinski definition) is 2. The van der Waals surface area contributed by atoms with Gasteiger partial charge >= 0.3 is 6.03 Å². The van der Waals surface area contributed by atoms with E-state index in [-0.39, 0.29) is 18.2 Å². The summed E-state index contributed by atoms with van der Waals surface area (Å²) in [5.74, 6) is -0.471. The minimum Gasteiger partial charge on any atom is -0.323 e. The molecule has 3 amide bonds. The van der Waals surface area contributed by atoms with Crippen LogP contribution in [0, 0.1) is 0 Å². The van der Waals surface area contributed by atoms with Gasteiger partial charge in [-0.25, -0.2) is 13.2 Å². The van der Waals surface area contributed by atoms with Gasteiger partial charge in [-0.1, -0.05) is 0 Å². The third-order valence-electron chi connectivity index (χ3n) is 4.02. The maximum absolute atomic E-state index is 12.4. The molecule has 0 aromatic carbocycles. The van der Waals surface area contributed by atoms with Crippen molar-refractivity contribution in [2.75, 3.05) is 25.4 Å². The molecule has 0 radical (unpaired) electrons. The number of carbonyl (C=O) groups excluding carboxylic acids is 2. The Morgan fingerprint density at radius 1 is 1.25 bits per heavy atom. The van der Waals surface area contributed by atoms with Crippen molar-refractivity contribution in [1.82, 2.24) is 15.5 Å². The summed E-state index contributed by atoms with van der Waals surface area (Å²) in [4.78, 5) is 25.4. The van der Waals surface area contributed by atoms with Gasteiger partial charge in [0.1, 0.15) is 5.54 Å². The molecule has 2 saturated heterocycles. The second-order valence-electron chi connectivity index (χ2n) is 5.63. The molecule has 2 fully saturated rings. The van der Waals surface area contributed by atoms with Gasteiger partial charge in [0.15, 0.2) is 9.84 Å². The van der Waals surface area contributed by atoms with Crippen LogP contribution in [0.1, 0.15) is 26.7 Å². The molecule has 2 aliphatic rings. The lowest BCUT2D eigenvalue weighted by atomic mass is 9.88. The summed E-state index contributed by atoms with van der Waals surface area (Å²) in [6.07, 6.45) is 1.09. The average Bonchev–Trinajstić information content (AvgIpc) is 2.60. The Labute approximate surface area is 119 Å². The van der Waals surface area contributed by atoms with Crippen LogP contribution in [0.3, 0.4) is 0 Å². The van der Waals surface area contributed by atoms with Gasteiger partial charge in [-0.2, -0.15) is 0 Å². The van der Waals surface area contributed by atoms with E-state index in [1.807, 2.05) is 0 Å². The molecular formula is C12H21N3O4S. The van der Waals surface area contributed by atoms with E-state index in [4.69, 9.17) is 0 Å². The summed E-state index contributed by atoms with van der Waals surface area (Å²) in [5, 5.41) is 5.37. The normalized spacial score (nSPS) is 22.6. The first kappa shape index (κ1) is 15.2. The number of rotatable bonds is 4. The van der Waals surface area contributed by atoms with E-state index >= 15 is 0 Å². The molecule has 114 valence electrons. The van der Waals surface area contributed by atoms with E-state index in [0.717, 1.165) is 4.90 Å². The van der Waals surface area contributed by atoms with E-state index in [0.29, 0.717) is 25.9 Å². The lowest BCUT2D eigenvalue weighted by molar-refractivity contribution is -0.132. The van der Waals surface area contributed by atoms with Gasteiger partial charge < -0.3 is 10.6 Å². The number of carbonyl (C=O) groups is 2. The molecule has 0 unspecified atom stereocenters. The van der Waals surface area contributed by atoms with E-state index in [2.05, 4.69) is 10.6 Å². The van der Waals surface area contributed by atoms with Crippen molar-refractivity contribution >= 4 is 21.8 Å². The quantitative estimate of drug-likeness (QED) is 0.682. The lowest BCUT2D eigenvalue weighted by Gasteiger charge is -2.31. The maximum atomic E-state index is 12.4. The molecule has 0 aliphatic carbocycles. The predicted octanol–water partition coefficient (Wildman–Crippen LogP) is -0.516. The largest absolute Gasteiger partial charge is 0.325 e. The number of piperidine rings is 1. The molecule has 0 bridgehead atoms. The van der Waals surface area contributed by atoms with Crippen LogP contribution >= 0.6 is 0 Å². The fourth-order valence-electron chi connectivity index (χ4n) is 2.53. The minimum absolute atomic E-state index is 0.0691. The molecule has 0 saturated carbocycles. The Balaban J connectivity index is 2.06. The third-order valence-corrected chi connectivity index (χ3v) is 6.21. The third kappa shape index (κ3) is 2.67. The van der Waals surface area contributed by atoms with E-state index in [1.165, 1.54) is 0 Å². The van der Waals surface area contributed by atoms with Crippen LogP contribution in [0.4, 0.5) is 4.79 Å². The van der Waals surface area contributed by atoms with Gasteiger partial charge in [0.05, 0.1) is 11.0 Å². The van der Waals surface area contributed by atoms with Crippen LogP contribution < -0.4 is 10.6 Å². The predicted molar refractivity (Wildman–Crippen MR) is 74.0 cm³/mol. The van der Waals surface area contributed by atoms with Crippen LogP contribution in [-0.4, -0.2) is 61.4 Å². The topological polar surface area (TPSA) is 95.6 Å². The lowest BCUT2D eigenvalue weighted by Crippen LogP contribution is -2.54. The number of imide groups is 1. The van der Waals surface area contributed by atoms with E-state index in [9.17, 15) is 18.0 Å². The van der Waals surface area contributed by atoms with Gasteiger partial charge in [-0.05, 0) is 39.8 Å². The van der Waals surface area contributed by atoms with E-state index < -0.39 is 26.7 Å². The van der Waals surface area contributed by atoms with Crippen LogP contribution in [-0.2, 0) is 14.6 Å². The van der Waals surface area contributed by atoms with Gasteiger partial charge in [0, 0.05) is 6.54 Å². The highest BCUT2D eigenvalue weighted by Crippen LogP contribution is 2.26. The smallest absolute Gasteiger partial charge is 0.323 e. The average molecular weight is 303 g/mol. The number of hydrogen-bond acceptors (Lipinski definition) is 5. The van der Waals surface area contributed by atoms with Crippen molar-refractivity contribution in [3.05, 3.63) is 0 Å². The zero-order chi connectivity index (χ0) is 15.0. The molecule has 2 rings (SSSR count). The van der Waals surface area contributed by atoms with Crippen molar-refractivity contribution in [2.24, 2.45) is 0 Å². The summed E-state index contributed by atoms with van der Waals surface area (Å²) >= 11 is 0. The van der Waals surface area contributed by atoms with Crippen molar-refractivity contribution < 1.29 is 18.0 Å². The van der Waals surface area contributed by atoms with Crippen molar-refractivity contribution in [3.8, 4) is 0 Å². The molecule has 0 aromatic heterocycles. The van der Waals surface area contributed by atoms with Gasteiger partial charge in [-0.15, -0.1) is 0 Å². The first-order chi connectivity index (χ1) is 9.28. The van der Waals surface area contributed by atoms with Gasteiger partial charge in [0.25, 0.3) is 5.91 Å². The van der Waals surface area contributed by atoms with Crippen LogP contribution in [0.5, 0.6) is 0 Å². The highest BCUT2D eigenvalue weighted by atomic mass is 32.2. The molecule has 1 spiro atoms. The summed E-state index contributed by atoms with van der Waals surface area (Å²) in [5.41, 5.74) is -0.829. The summed E-state index contributed by atoms with van der Waals surface area (Å²) in [6, 6.07) is -0.476. The highest BCUT2D eigenvalue weighted by Gasteiger charge is 2.51. The van der Waals surface area contributed by atoms with Crippen LogP contribution in [0.2, 0.25) is 0 Å². The fourth-order valence-corrected chi connectivity index (χ4v) is 3.43. The SMILES string of the molecule is CC(C)S(=O)(=O)CCN1C(=O)NC2(CCNCC2)C1=O. The van der Waals surface area contributed by atoms with Crippen molar-refractivity contribution in [3.63, 3.8) is 0 Å². The zero-order valence-corrected chi connectivity index (χ0v) is 12.6. The number of amides is 3. The number of nitrogens with zero attached hydrogens (tertiary/aromatic N) is 1. The Morgan fingerprint density at radius 2 is 1.85 bits per heavy atom. The standard InChI is InChI=1S/C12H21N3O4S/c1-9(2)20(18,19)8-7-15-10(16)12(14-11(15)17)3-5-13-6-4-12/h9,13H,3-8H2,1-2H3,(H,14,17). The molecule has 20 heavy (non-hydrogen) atoms. The summed E-state index contributed by atoms with van der Waals surface area (Å²) < 4.78 is 23.6. The van der Waals surface area contributed by atoms with Gasteiger partial charge in [0.2, 0.25) is 0 Å². The van der Waals surface area contributed by atoms with Crippen LogP contribution in [0.15, 0.2) is 0 Å². The molecule has 7 nitrogen and oxygen atoms in total. The maximum Gasteiger partial charge on any atom is 0.325 e. The Bertz CT molecular complexity index is 509. The first-order valence-corrected chi connectivity index (χ1v) is 8.56. The fraction of sp³-hybridized carbons (Fsp3) is 0.833. The summed E-state index contributed by atoms with van der Waals surface area (Å²) in [7, 11) is -3.26. The Morgan fingerprint density at radius 3 is 2.40 bits per heavy atom. The number of urea groups is 1. The van der Waals surface area contributed by atoms with Gasteiger partial charge in [-0.3, -0.25) is 9.69 Å². The molecule has 8 heteroatoms. The van der Waals surface area contributed by atoms with Crippen molar-refractivity contribution in [2.45, 2.75) is 37.5 Å². The molecular weight excluding hydrogens is 282 g/mol. The molecule has 2 heterocycles. The minimum atomic E-state index is -3.26. The highest BCUT2D eigenvalue weighted by molar-refractivity contribution is 7.92. The Hall–Kier alpha value is -1.15. The zero-order valence-electron chi connectivity index (χ0n) is 11.8. The van der Waals surface area contributed by atoms with Crippen LogP contribution in [0.25, 0.3) is 0 Å². The number of nitrogens with one attached hydrogen (secondary N) is 2. The first-order valence-electron chi connectivity index (χ1n) is 6.85. The monoisotopic (exact) mass is 303 g/mol. The Kier molecular flexibility index (Phi) is 4.06. The summed E-state index contributed by atoms with van der Waals surface area (Å²) in [6.45, 7) is 4.46. The molecule has 0 aromatic rings. The van der Waals surface area contributed by atoms with E-state index in [1.54, 1.807) is 13.8 Å². The second-order valence-corrected chi connectivity index (χ2v) is 8.31. The molecule has 2 aliphatic heterocycles. The molecule has 2 N–H and O–H groups in total.